The molecule has 3 atom stereocenters. The lowest BCUT2D eigenvalue weighted by molar-refractivity contribution is -0.151. The smallest absolute Gasteiger partial charge is 0.306 e. The van der Waals surface area contributed by atoms with Gasteiger partial charge in [0.25, 0.3) is 0 Å². The van der Waals surface area contributed by atoms with Crippen molar-refractivity contribution in [2.75, 3.05) is 6.61 Å². The van der Waals surface area contributed by atoms with Crippen LogP contribution in [0.5, 0.6) is 0 Å². The second kappa shape index (κ2) is 46.4. The second-order valence-electron chi connectivity index (χ2n) is 17.5. The van der Waals surface area contributed by atoms with Crippen molar-refractivity contribution in [2.24, 2.45) is 0 Å². The number of amides is 1. The van der Waals surface area contributed by atoms with Gasteiger partial charge >= 0.3 is 5.97 Å². The molecule has 0 bridgehead atoms. The number of carbonyl (C=O) groups is 2. The highest BCUT2D eigenvalue weighted by atomic mass is 16.5. The van der Waals surface area contributed by atoms with E-state index in [2.05, 4.69) is 50.4 Å². The largest absolute Gasteiger partial charge is 0.462 e. The maximum atomic E-state index is 13.2. The average molecular weight is 818 g/mol. The molecule has 0 aromatic heterocycles. The van der Waals surface area contributed by atoms with Crippen LogP contribution in [0.1, 0.15) is 271 Å². The maximum absolute atomic E-state index is 13.2. The second-order valence-corrected chi connectivity index (χ2v) is 17.5. The molecule has 0 aliphatic carbocycles. The van der Waals surface area contributed by atoms with Crippen LogP contribution in [0.3, 0.4) is 0 Å². The van der Waals surface area contributed by atoms with Crippen LogP contribution in [-0.4, -0.2) is 46.9 Å². The molecule has 0 saturated heterocycles. The third-order valence-electron chi connectivity index (χ3n) is 11.8. The minimum absolute atomic E-state index is 0.0731. The third-order valence-corrected chi connectivity index (χ3v) is 11.8. The number of ether oxygens (including phenoxy) is 1. The molecule has 0 aromatic carbocycles. The standard InChI is InChI=1S/C52H99NO5/c1-4-7-10-13-16-19-22-25-26-27-30-33-36-39-42-45-52(57)58-48(43-40-37-34-31-28-23-20-17-14-11-8-5-2)46-51(56)53-49(47-54)50(55)44-41-38-35-32-29-24-21-18-15-12-9-6-3/h8,11,17,20,48-50,54-55H,4-7,9-10,12-16,18-19,21-47H2,1-3H3,(H,53,56)/b11-8+,20-17+. The Bertz CT molecular complexity index is 919. The molecule has 0 aromatic rings. The molecule has 0 aliphatic rings. The Morgan fingerprint density at radius 1 is 0.517 bits per heavy atom. The van der Waals surface area contributed by atoms with Gasteiger partial charge in [-0.25, -0.2) is 0 Å². The van der Waals surface area contributed by atoms with Crippen molar-refractivity contribution in [2.45, 2.75) is 289 Å². The summed E-state index contributed by atoms with van der Waals surface area (Å²) in [5, 5.41) is 23.7. The predicted molar refractivity (Wildman–Crippen MR) is 250 cm³/mol. The Balaban J connectivity index is 4.53. The van der Waals surface area contributed by atoms with E-state index in [1.165, 1.54) is 154 Å². The molecule has 1 amide bonds. The van der Waals surface area contributed by atoms with E-state index in [0.717, 1.165) is 70.6 Å². The number of nitrogens with one attached hydrogen (secondary N) is 1. The topological polar surface area (TPSA) is 95.9 Å². The van der Waals surface area contributed by atoms with E-state index in [4.69, 9.17) is 4.74 Å². The molecule has 0 aliphatic heterocycles. The van der Waals surface area contributed by atoms with Crippen LogP contribution < -0.4 is 5.32 Å². The Morgan fingerprint density at radius 3 is 1.40 bits per heavy atom. The monoisotopic (exact) mass is 818 g/mol. The fourth-order valence-electron chi connectivity index (χ4n) is 7.94. The first-order valence-electron chi connectivity index (χ1n) is 25.6. The van der Waals surface area contributed by atoms with Gasteiger partial charge in [-0.05, 0) is 51.4 Å². The molecule has 58 heavy (non-hydrogen) atoms. The first-order chi connectivity index (χ1) is 28.5. The summed E-state index contributed by atoms with van der Waals surface area (Å²) < 4.78 is 5.93. The van der Waals surface area contributed by atoms with Crippen LogP contribution in [0.15, 0.2) is 24.3 Å². The van der Waals surface area contributed by atoms with E-state index >= 15 is 0 Å². The van der Waals surface area contributed by atoms with Gasteiger partial charge in [-0.15, -0.1) is 0 Å². The minimum atomic E-state index is -0.786. The molecule has 0 saturated carbocycles. The number of hydrogen-bond donors (Lipinski definition) is 3. The van der Waals surface area contributed by atoms with Crippen molar-refractivity contribution in [3.8, 4) is 0 Å². The Hall–Kier alpha value is -1.66. The normalized spacial score (nSPS) is 13.4. The van der Waals surface area contributed by atoms with Crippen LogP contribution >= 0.6 is 0 Å². The highest BCUT2D eigenvalue weighted by molar-refractivity contribution is 5.77. The predicted octanol–water partition coefficient (Wildman–Crippen LogP) is 15.1. The minimum Gasteiger partial charge on any atom is -0.462 e. The van der Waals surface area contributed by atoms with Crippen LogP contribution in [0, 0.1) is 0 Å². The van der Waals surface area contributed by atoms with Crippen LogP contribution in [0.4, 0.5) is 0 Å². The molecule has 6 heteroatoms. The van der Waals surface area contributed by atoms with Crippen LogP contribution in [0.25, 0.3) is 0 Å². The third kappa shape index (κ3) is 41.1. The maximum Gasteiger partial charge on any atom is 0.306 e. The quantitative estimate of drug-likeness (QED) is 0.0323. The van der Waals surface area contributed by atoms with Gasteiger partial charge in [-0.3, -0.25) is 9.59 Å². The zero-order chi connectivity index (χ0) is 42.4. The summed E-state index contributed by atoms with van der Waals surface area (Å²) in [6, 6.07) is -0.700. The molecule has 6 nitrogen and oxygen atoms in total. The number of allylic oxidation sites excluding steroid dienone is 4. The Kier molecular flexibility index (Phi) is 45.1. The highest BCUT2D eigenvalue weighted by Crippen LogP contribution is 2.18. The zero-order valence-electron chi connectivity index (χ0n) is 38.9. The van der Waals surface area contributed by atoms with E-state index in [1.54, 1.807) is 0 Å². The number of hydrogen-bond acceptors (Lipinski definition) is 5. The van der Waals surface area contributed by atoms with Gasteiger partial charge in [0.1, 0.15) is 6.10 Å². The number of aliphatic hydroxyl groups is 2. The van der Waals surface area contributed by atoms with Crippen molar-refractivity contribution in [3.05, 3.63) is 24.3 Å². The molecule has 0 fully saturated rings. The average Bonchev–Trinajstić information content (AvgIpc) is 3.22. The summed E-state index contributed by atoms with van der Waals surface area (Å²) in [6.45, 7) is 6.38. The summed E-state index contributed by atoms with van der Waals surface area (Å²) in [4.78, 5) is 26.1. The first kappa shape index (κ1) is 56.3. The molecular weight excluding hydrogens is 719 g/mol. The SMILES string of the molecule is CC/C=C/C/C=C/CCCCCCCC(CC(=O)NC(CO)C(O)CCCCCCCCCCCCCC)OC(=O)CCCCCCCCCCCCCCCCC. The number of aliphatic hydroxyl groups excluding tert-OH is 2. The molecule has 3 unspecified atom stereocenters. The number of unbranched alkanes of at least 4 members (excludes halogenated alkanes) is 30. The summed E-state index contributed by atoms with van der Waals surface area (Å²) in [6.07, 6.45) is 52.4. The number of carbonyl (C=O) groups excluding carboxylic acids is 2. The van der Waals surface area contributed by atoms with Gasteiger partial charge in [0.15, 0.2) is 0 Å². The van der Waals surface area contributed by atoms with Gasteiger partial charge in [-0.2, -0.15) is 0 Å². The summed E-state index contributed by atoms with van der Waals surface area (Å²) in [5.41, 5.74) is 0. The zero-order valence-corrected chi connectivity index (χ0v) is 38.9. The molecule has 0 spiro atoms. The van der Waals surface area contributed by atoms with Gasteiger partial charge in [-0.1, -0.05) is 231 Å². The fourth-order valence-corrected chi connectivity index (χ4v) is 7.94. The molecule has 0 heterocycles. The highest BCUT2D eigenvalue weighted by Gasteiger charge is 2.24. The number of rotatable bonds is 46. The van der Waals surface area contributed by atoms with Crippen molar-refractivity contribution in [3.63, 3.8) is 0 Å². The van der Waals surface area contributed by atoms with Crippen LogP contribution in [-0.2, 0) is 14.3 Å². The van der Waals surface area contributed by atoms with E-state index in [9.17, 15) is 19.8 Å². The fraction of sp³-hybridized carbons (Fsp3) is 0.885. The lowest BCUT2D eigenvalue weighted by atomic mass is 10.0. The molecule has 0 radical (unpaired) electrons. The van der Waals surface area contributed by atoms with Crippen molar-refractivity contribution >= 4 is 11.9 Å². The molecular formula is C52H99NO5. The van der Waals surface area contributed by atoms with Crippen LogP contribution in [0.2, 0.25) is 0 Å². The summed E-state index contributed by atoms with van der Waals surface area (Å²) in [5.74, 6) is -0.475. The van der Waals surface area contributed by atoms with E-state index in [-0.39, 0.29) is 24.9 Å². The van der Waals surface area contributed by atoms with E-state index < -0.39 is 18.2 Å². The van der Waals surface area contributed by atoms with Crippen molar-refractivity contribution in [1.82, 2.24) is 5.32 Å². The first-order valence-corrected chi connectivity index (χ1v) is 25.6. The summed E-state index contributed by atoms with van der Waals surface area (Å²) >= 11 is 0. The van der Waals surface area contributed by atoms with Gasteiger partial charge in [0.05, 0.1) is 25.2 Å². The molecule has 3 N–H and O–H groups in total. The molecule has 0 rings (SSSR count). The lowest BCUT2D eigenvalue weighted by Gasteiger charge is -2.24. The molecule has 342 valence electrons. The van der Waals surface area contributed by atoms with Crippen molar-refractivity contribution in [1.29, 1.82) is 0 Å². The lowest BCUT2D eigenvalue weighted by Crippen LogP contribution is -2.46. The number of esters is 1. The Morgan fingerprint density at radius 2 is 0.931 bits per heavy atom. The summed E-state index contributed by atoms with van der Waals surface area (Å²) in [7, 11) is 0. The van der Waals surface area contributed by atoms with Crippen molar-refractivity contribution < 1.29 is 24.5 Å². The Labute approximate surface area is 361 Å². The van der Waals surface area contributed by atoms with Gasteiger partial charge in [0, 0.05) is 6.42 Å². The van der Waals surface area contributed by atoms with Gasteiger partial charge < -0.3 is 20.3 Å². The van der Waals surface area contributed by atoms with Gasteiger partial charge in [0.2, 0.25) is 5.91 Å². The van der Waals surface area contributed by atoms with E-state index in [0.29, 0.717) is 19.3 Å². The van der Waals surface area contributed by atoms with E-state index in [1.807, 2.05) is 0 Å².